The van der Waals surface area contributed by atoms with E-state index in [2.05, 4.69) is 42.3 Å². The van der Waals surface area contributed by atoms with E-state index < -0.39 is 4.92 Å². The number of nitro groups is 1. The predicted octanol–water partition coefficient (Wildman–Crippen LogP) is 1.86. The topological polar surface area (TPSA) is 130 Å². The number of hydrogen-bond donors (Lipinski definition) is 2. The van der Waals surface area contributed by atoms with Crippen molar-refractivity contribution in [3.8, 4) is 0 Å². The number of nitrogens with zero attached hydrogens (tertiary/aromatic N) is 5. The lowest BCUT2D eigenvalue weighted by Crippen LogP contribution is -2.48. The summed E-state index contributed by atoms with van der Waals surface area (Å²) >= 11 is 0. The molecule has 0 unspecified atom stereocenters. The Morgan fingerprint density at radius 2 is 1.84 bits per heavy atom. The van der Waals surface area contributed by atoms with E-state index in [9.17, 15) is 14.9 Å². The molecule has 170 valence electrons. The number of rotatable bonds is 12. The molecule has 31 heavy (non-hydrogen) atoms. The number of unbranched alkanes of at least 4 members (excludes halogenated alkanes) is 2. The summed E-state index contributed by atoms with van der Waals surface area (Å²) in [5.41, 5.74) is 1.01. The summed E-state index contributed by atoms with van der Waals surface area (Å²) in [6.45, 7) is 9.94. The molecule has 0 bridgehead atoms. The summed E-state index contributed by atoms with van der Waals surface area (Å²) in [5.74, 6) is 0.103. The fourth-order valence-corrected chi connectivity index (χ4v) is 3.72. The van der Waals surface area contributed by atoms with Gasteiger partial charge in [-0.05, 0) is 35.8 Å². The van der Waals surface area contributed by atoms with Gasteiger partial charge in [-0.15, -0.1) is 0 Å². The van der Waals surface area contributed by atoms with E-state index >= 15 is 0 Å². The van der Waals surface area contributed by atoms with Crippen LogP contribution in [0, 0.1) is 10.1 Å². The molecule has 0 saturated carbocycles. The molecule has 1 fully saturated rings. The molecule has 3 rings (SSSR count). The summed E-state index contributed by atoms with van der Waals surface area (Å²) in [6, 6.07) is 3.00. The number of fused-ring (bicyclic) bond motifs is 1. The Labute approximate surface area is 181 Å². The molecule has 0 radical (unpaired) electrons. The van der Waals surface area contributed by atoms with Gasteiger partial charge in [0.25, 0.3) is 0 Å². The summed E-state index contributed by atoms with van der Waals surface area (Å²) < 4.78 is 4.65. The van der Waals surface area contributed by atoms with Crippen molar-refractivity contribution in [2.75, 3.05) is 57.7 Å². The zero-order chi connectivity index (χ0) is 22.1. The number of anilines is 1. The van der Waals surface area contributed by atoms with Gasteiger partial charge in [-0.25, -0.2) is 4.63 Å². The molecule has 0 aliphatic carbocycles. The highest BCUT2D eigenvalue weighted by molar-refractivity contribution is 5.93. The summed E-state index contributed by atoms with van der Waals surface area (Å²) in [5, 5.41) is 24.6. The zero-order valence-electron chi connectivity index (χ0n) is 18.0. The van der Waals surface area contributed by atoms with Crippen molar-refractivity contribution in [1.29, 1.82) is 0 Å². The molecule has 1 saturated heterocycles. The number of hydrogen-bond acceptors (Lipinski definition) is 9. The fraction of sp³-hybridized carbons (Fsp3) is 0.650. The molecule has 0 atom stereocenters. The van der Waals surface area contributed by atoms with Crippen LogP contribution in [0.4, 0.5) is 11.4 Å². The summed E-state index contributed by atoms with van der Waals surface area (Å²) in [6.07, 6.45) is 3.13. The van der Waals surface area contributed by atoms with E-state index in [0.717, 1.165) is 58.5 Å². The zero-order valence-corrected chi connectivity index (χ0v) is 18.0. The van der Waals surface area contributed by atoms with E-state index in [1.807, 2.05) is 0 Å². The number of piperazine rings is 1. The first kappa shape index (κ1) is 22.9. The number of non-ortho nitro benzene ring substituents is 1. The average Bonchev–Trinajstić information content (AvgIpc) is 3.26. The minimum absolute atomic E-state index is 0.103. The highest BCUT2D eigenvalue weighted by atomic mass is 16.6. The van der Waals surface area contributed by atoms with Crippen molar-refractivity contribution in [2.24, 2.45) is 0 Å². The lowest BCUT2D eigenvalue weighted by molar-refractivity contribution is -0.383. The molecule has 1 aliphatic heterocycles. The quantitative estimate of drug-likeness (QED) is 0.292. The molecule has 2 aromatic rings. The molecule has 11 nitrogen and oxygen atoms in total. The van der Waals surface area contributed by atoms with Crippen LogP contribution in [0.2, 0.25) is 0 Å². The van der Waals surface area contributed by atoms with Crippen LogP contribution in [0.25, 0.3) is 11.0 Å². The second-order valence-corrected chi connectivity index (χ2v) is 7.71. The maximum atomic E-state index is 12.0. The van der Waals surface area contributed by atoms with Crippen LogP contribution in [0.5, 0.6) is 0 Å². The molecule has 2 N–H and O–H groups in total. The lowest BCUT2D eigenvalue weighted by Gasteiger charge is -2.33. The Bertz CT molecular complexity index is 864. The van der Waals surface area contributed by atoms with E-state index in [1.165, 1.54) is 6.07 Å². The minimum atomic E-state index is -0.506. The molecular formula is C20H31N7O4. The second-order valence-electron chi connectivity index (χ2n) is 7.71. The first-order valence-electron chi connectivity index (χ1n) is 10.9. The number of likely N-dealkylation sites (N-methyl/N-ethyl adjacent to an activating group) is 1. The van der Waals surface area contributed by atoms with Gasteiger partial charge in [-0.3, -0.25) is 19.8 Å². The monoisotopic (exact) mass is 433 g/mol. The summed E-state index contributed by atoms with van der Waals surface area (Å²) in [4.78, 5) is 27.4. The highest BCUT2D eigenvalue weighted by Gasteiger charge is 2.19. The van der Waals surface area contributed by atoms with E-state index in [4.69, 9.17) is 0 Å². The smallest absolute Gasteiger partial charge is 0.300 e. The van der Waals surface area contributed by atoms with Gasteiger partial charge in [0, 0.05) is 58.3 Å². The lowest BCUT2D eigenvalue weighted by atomic mass is 10.1. The maximum absolute atomic E-state index is 12.0. The van der Waals surface area contributed by atoms with Gasteiger partial charge in [0.15, 0.2) is 5.52 Å². The Hall–Kier alpha value is -2.79. The van der Waals surface area contributed by atoms with Crippen LogP contribution in [-0.4, -0.2) is 83.3 Å². The normalized spacial score (nSPS) is 15.3. The standard InChI is InChI=1S/C20H31N7O4/c1-2-25-12-14-26(15-13-25)11-10-22-18(28)6-4-3-5-9-21-16-7-8-17(27(29)30)20-19(16)23-31-24-20/h7-8,21H,2-6,9-15H2,1H3,(H,22,28). The van der Waals surface area contributed by atoms with Crippen molar-refractivity contribution in [1.82, 2.24) is 25.4 Å². The van der Waals surface area contributed by atoms with Crippen LogP contribution in [0.1, 0.15) is 32.6 Å². The number of nitro benzene ring substituents is 1. The molecule has 2 heterocycles. The number of aromatic nitrogens is 2. The van der Waals surface area contributed by atoms with Crippen molar-refractivity contribution >= 4 is 28.3 Å². The number of carbonyl (C=O) groups excluding carboxylic acids is 1. The minimum Gasteiger partial charge on any atom is -0.383 e. The van der Waals surface area contributed by atoms with Crippen LogP contribution in [0.15, 0.2) is 16.8 Å². The molecule has 11 heteroatoms. The van der Waals surface area contributed by atoms with Gasteiger partial charge in [-0.2, -0.15) is 0 Å². The van der Waals surface area contributed by atoms with Crippen LogP contribution in [-0.2, 0) is 4.79 Å². The third-order valence-corrected chi connectivity index (χ3v) is 5.65. The van der Waals surface area contributed by atoms with Crippen LogP contribution in [0.3, 0.4) is 0 Å². The van der Waals surface area contributed by atoms with Gasteiger partial charge in [0.05, 0.1) is 10.6 Å². The summed E-state index contributed by atoms with van der Waals surface area (Å²) in [7, 11) is 0. The number of amides is 1. The predicted molar refractivity (Wildman–Crippen MR) is 117 cm³/mol. The Kier molecular flexibility index (Phi) is 8.53. The van der Waals surface area contributed by atoms with E-state index in [-0.39, 0.29) is 17.1 Å². The van der Waals surface area contributed by atoms with Crippen molar-refractivity contribution in [2.45, 2.75) is 32.6 Å². The first-order chi connectivity index (χ1) is 15.1. The number of nitrogens with one attached hydrogen (secondary N) is 2. The third kappa shape index (κ3) is 6.59. The third-order valence-electron chi connectivity index (χ3n) is 5.65. The molecule has 1 aromatic heterocycles. The Balaban J connectivity index is 1.26. The van der Waals surface area contributed by atoms with Gasteiger partial charge in [0.1, 0.15) is 0 Å². The number of carbonyl (C=O) groups is 1. The Morgan fingerprint density at radius 1 is 1.10 bits per heavy atom. The molecule has 1 aliphatic rings. The fourth-order valence-electron chi connectivity index (χ4n) is 3.72. The van der Waals surface area contributed by atoms with Gasteiger partial charge in [0.2, 0.25) is 11.4 Å². The average molecular weight is 434 g/mol. The van der Waals surface area contributed by atoms with E-state index in [1.54, 1.807) is 6.07 Å². The van der Waals surface area contributed by atoms with E-state index in [0.29, 0.717) is 30.7 Å². The molecular weight excluding hydrogens is 402 g/mol. The molecule has 1 aromatic carbocycles. The highest BCUT2D eigenvalue weighted by Crippen LogP contribution is 2.28. The molecule has 0 spiro atoms. The molecule has 1 amide bonds. The van der Waals surface area contributed by atoms with Crippen LogP contribution >= 0.6 is 0 Å². The van der Waals surface area contributed by atoms with Crippen molar-refractivity contribution in [3.63, 3.8) is 0 Å². The largest absolute Gasteiger partial charge is 0.383 e. The maximum Gasteiger partial charge on any atom is 0.300 e. The SMILES string of the molecule is CCN1CCN(CCNC(=O)CCCCCNc2ccc([N+](=O)[O-])c3nonc23)CC1. The second kappa shape index (κ2) is 11.6. The first-order valence-corrected chi connectivity index (χ1v) is 10.9. The van der Waals surface area contributed by atoms with Crippen molar-refractivity contribution < 1.29 is 14.3 Å². The van der Waals surface area contributed by atoms with Gasteiger partial charge >= 0.3 is 5.69 Å². The van der Waals surface area contributed by atoms with Crippen LogP contribution < -0.4 is 10.6 Å². The Morgan fingerprint density at radius 3 is 2.58 bits per heavy atom. The van der Waals surface area contributed by atoms with Crippen molar-refractivity contribution in [3.05, 3.63) is 22.2 Å². The number of benzene rings is 1. The van der Waals surface area contributed by atoms with Gasteiger partial charge < -0.3 is 15.5 Å². The van der Waals surface area contributed by atoms with Gasteiger partial charge in [-0.1, -0.05) is 13.3 Å².